The van der Waals surface area contributed by atoms with Crippen LogP contribution in [0, 0.1) is 0 Å². The number of alkyl halides is 1. The van der Waals surface area contributed by atoms with Crippen molar-refractivity contribution in [3.63, 3.8) is 0 Å². The van der Waals surface area contributed by atoms with Gasteiger partial charge in [0.05, 0.1) is 13.2 Å². The number of esters is 1. The second-order valence-electron chi connectivity index (χ2n) is 5.40. The van der Waals surface area contributed by atoms with Gasteiger partial charge in [-0.3, -0.25) is 0 Å². The predicted octanol–water partition coefficient (Wildman–Crippen LogP) is 4.51. The lowest BCUT2D eigenvalue weighted by Crippen LogP contribution is -2.25. The van der Waals surface area contributed by atoms with Crippen LogP contribution in [0.3, 0.4) is 0 Å². The van der Waals surface area contributed by atoms with Gasteiger partial charge in [-0.15, -0.1) is 0 Å². The molecule has 0 radical (unpaired) electrons. The Morgan fingerprint density at radius 3 is 2.36 bits per heavy atom. The fourth-order valence-corrected chi connectivity index (χ4v) is 2.18. The number of rotatable bonds is 11. The van der Waals surface area contributed by atoms with Gasteiger partial charge in [0.1, 0.15) is 17.1 Å². The van der Waals surface area contributed by atoms with Crippen LogP contribution in [-0.4, -0.2) is 53.8 Å². The molecule has 0 amide bonds. The van der Waals surface area contributed by atoms with Crippen LogP contribution in [0.2, 0.25) is 0 Å². The van der Waals surface area contributed by atoms with Crippen molar-refractivity contribution in [2.24, 2.45) is 0 Å². The second-order valence-corrected chi connectivity index (χ2v) is 5.40. The molecule has 25 heavy (non-hydrogen) atoms. The van der Waals surface area contributed by atoms with Crippen LogP contribution in [0.1, 0.15) is 50.4 Å². The van der Waals surface area contributed by atoms with E-state index in [9.17, 15) is 9.90 Å². The number of carbonyl (C=O) groups excluding carboxylic acids is 1. The van der Waals surface area contributed by atoms with Gasteiger partial charge in [0, 0.05) is 12.6 Å². The van der Waals surface area contributed by atoms with Gasteiger partial charge in [0.2, 0.25) is 0 Å². The summed E-state index contributed by atoms with van der Waals surface area (Å²) in [5, 5.41) is 9.95. The van der Waals surface area contributed by atoms with E-state index in [0.29, 0.717) is 19.0 Å². The molecule has 0 heterocycles. The van der Waals surface area contributed by atoms with Gasteiger partial charge in [-0.25, -0.2) is 4.79 Å². The number of nitrogens with zero attached hydrogens (tertiary/aromatic N) is 1. The minimum Gasteiger partial charge on any atom is -0.507 e. The zero-order chi connectivity index (χ0) is 19.1. The molecule has 0 unspecified atom stereocenters. The molecule has 0 saturated carbocycles. The molecule has 6 heteroatoms. The van der Waals surface area contributed by atoms with E-state index in [1.165, 1.54) is 6.07 Å². The van der Waals surface area contributed by atoms with Crippen molar-refractivity contribution in [1.29, 1.82) is 0 Å². The van der Waals surface area contributed by atoms with Crippen LogP contribution in [0.4, 0.5) is 0 Å². The number of hydrogen-bond acceptors (Lipinski definition) is 5. The van der Waals surface area contributed by atoms with Gasteiger partial charge in [-0.1, -0.05) is 49.8 Å². The largest absolute Gasteiger partial charge is 0.507 e. The molecule has 0 aliphatic rings. The third-order valence-corrected chi connectivity index (χ3v) is 3.70. The third-order valence-electron chi connectivity index (χ3n) is 3.70. The predicted molar refractivity (Wildman–Crippen MR) is 111 cm³/mol. The average molecular weight is 465 g/mol. The lowest BCUT2D eigenvalue weighted by atomic mass is 10.2. The van der Waals surface area contributed by atoms with Crippen LogP contribution in [-0.2, 0) is 4.74 Å². The molecule has 1 N–H and O–H groups in total. The van der Waals surface area contributed by atoms with Crippen LogP contribution in [0.5, 0.6) is 11.5 Å². The van der Waals surface area contributed by atoms with Crippen LogP contribution in [0.25, 0.3) is 0 Å². The highest BCUT2D eigenvalue weighted by Gasteiger charge is 2.13. The number of benzene rings is 1. The van der Waals surface area contributed by atoms with Crippen LogP contribution in [0.15, 0.2) is 18.2 Å². The Morgan fingerprint density at radius 1 is 1.12 bits per heavy atom. The lowest BCUT2D eigenvalue weighted by molar-refractivity contribution is 0.0486. The van der Waals surface area contributed by atoms with Crippen molar-refractivity contribution in [2.45, 2.75) is 40.0 Å². The van der Waals surface area contributed by atoms with E-state index in [1.54, 1.807) is 12.1 Å². The van der Waals surface area contributed by atoms with Gasteiger partial charge in [0.15, 0.2) is 0 Å². The first-order chi connectivity index (χ1) is 12.1. The molecule has 0 aliphatic carbocycles. The van der Waals surface area contributed by atoms with Gasteiger partial charge >= 0.3 is 5.97 Å². The smallest absolute Gasteiger partial charge is 0.341 e. The Hall–Kier alpha value is -1.02. The number of unbranched alkanes of at least 4 members (excludes halogenated alkanes) is 1. The maximum atomic E-state index is 12.0. The molecule has 5 nitrogen and oxygen atoms in total. The van der Waals surface area contributed by atoms with Gasteiger partial charge in [0.25, 0.3) is 0 Å². The van der Waals surface area contributed by atoms with E-state index in [1.807, 2.05) is 4.93 Å². The quantitative estimate of drug-likeness (QED) is 0.226. The third kappa shape index (κ3) is 9.89. The molecule has 144 valence electrons. The molecular formula is C19H32INO4. The second kappa shape index (κ2) is 15.3. The maximum Gasteiger partial charge on any atom is 0.341 e. The fraction of sp³-hybridized carbons (Fsp3) is 0.632. The first-order valence-corrected chi connectivity index (χ1v) is 11.0. The summed E-state index contributed by atoms with van der Waals surface area (Å²) in [7, 11) is 0. The summed E-state index contributed by atoms with van der Waals surface area (Å²) in [5.74, 6) is -0.0380. The SMILES string of the molecule is CCCCOc1ccc(C(=O)OCCCN(CC)CC)c(O)c1.CI. The Kier molecular flexibility index (Phi) is 14.6. The molecule has 0 fully saturated rings. The molecule has 0 aliphatic heterocycles. The maximum absolute atomic E-state index is 12.0. The minimum atomic E-state index is -0.498. The van der Waals surface area contributed by atoms with E-state index in [0.717, 1.165) is 38.9 Å². The Labute approximate surface area is 165 Å². The highest BCUT2D eigenvalue weighted by atomic mass is 127. The Balaban J connectivity index is 0.00000277. The van der Waals surface area contributed by atoms with Crippen molar-refractivity contribution in [2.75, 3.05) is 37.8 Å². The van der Waals surface area contributed by atoms with E-state index < -0.39 is 5.97 Å². The summed E-state index contributed by atoms with van der Waals surface area (Å²) in [6, 6.07) is 4.69. The van der Waals surface area contributed by atoms with Crippen LogP contribution >= 0.6 is 22.6 Å². The van der Waals surface area contributed by atoms with Crippen LogP contribution < -0.4 is 4.74 Å². The summed E-state index contributed by atoms with van der Waals surface area (Å²) in [4.78, 5) is 16.2. The minimum absolute atomic E-state index is 0.104. The molecule has 1 aromatic rings. The monoisotopic (exact) mass is 465 g/mol. The van der Waals surface area contributed by atoms with E-state index in [4.69, 9.17) is 9.47 Å². The average Bonchev–Trinajstić information content (AvgIpc) is 2.63. The summed E-state index contributed by atoms with van der Waals surface area (Å²) >= 11 is 2.15. The standard InChI is InChI=1S/C18H29NO4.CH3I/c1-4-7-12-22-15-9-10-16(17(20)14-15)18(21)23-13-8-11-19(5-2)6-3;1-2/h9-10,14,20H,4-8,11-13H2,1-3H3;1H3. The lowest BCUT2D eigenvalue weighted by Gasteiger charge is -2.17. The molecule has 0 saturated heterocycles. The summed E-state index contributed by atoms with van der Waals surface area (Å²) in [5.41, 5.74) is 0.177. The topological polar surface area (TPSA) is 59.0 Å². The number of hydrogen-bond donors (Lipinski definition) is 1. The van der Waals surface area contributed by atoms with E-state index in [2.05, 4.69) is 48.3 Å². The molecule has 1 aromatic carbocycles. The fourth-order valence-electron chi connectivity index (χ4n) is 2.18. The normalized spacial score (nSPS) is 10.2. The van der Waals surface area contributed by atoms with Gasteiger partial charge in [-0.05, 0) is 43.0 Å². The zero-order valence-corrected chi connectivity index (χ0v) is 18.0. The molecule has 0 spiro atoms. The summed E-state index contributed by atoms with van der Waals surface area (Å²) in [6.45, 7) is 10.1. The van der Waals surface area contributed by atoms with Crippen molar-refractivity contribution in [3.05, 3.63) is 23.8 Å². The van der Waals surface area contributed by atoms with Crippen molar-refractivity contribution >= 4 is 28.6 Å². The molecule has 0 bridgehead atoms. The number of aromatic hydroxyl groups is 1. The highest BCUT2D eigenvalue weighted by molar-refractivity contribution is 14.1. The number of ether oxygens (including phenoxy) is 2. The summed E-state index contributed by atoms with van der Waals surface area (Å²) in [6.07, 6.45) is 2.79. The first-order valence-electron chi connectivity index (χ1n) is 8.85. The highest BCUT2D eigenvalue weighted by Crippen LogP contribution is 2.24. The molecule has 0 aromatic heterocycles. The zero-order valence-electron chi connectivity index (χ0n) is 15.9. The Morgan fingerprint density at radius 2 is 1.80 bits per heavy atom. The van der Waals surface area contributed by atoms with Crippen molar-refractivity contribution in [1.82, 2.24) is 4.90 Å². The van der Waals surface area contributed by atoms with E-state index in [-0.39, 0.29) is 11.3 Å². The first kappa shape index (κ1) is 24.0. The molecule has 0 atom stereocenters. The number of halogens is 1. The van der Waals surface area contributed by atoms with Crippen molar-refractivity contribution in [3.8, 4) is 11.5 Å². The number of carbonyl (C=O) groups is 1. The van der Waals surface area contributed by atoms with Gasteiger partial charge in [-0.2, -0.15) is 0 Å². The molecule has 1 rings (SSSR count). The summed E-state index contributed by atoms with van der Waals surface area (Å²) < 4.78 is 10.7. The Bertz CT molecular complexity index is 478. The number of phenolic OH excluding ortho intramolecular Hbond substituents is 1. The van der Waals surface area contributed by atoms with Crippen molar-refractivity contribution < 1.29 is 19.4 Å². The molecular weight excluding hydrogens is 433 g/mol. The number of phenols is 1. The van der Waals surface area contributed by atoms with E-state index >= 15 is 0 Å². The van der Waals surface area contributed by atoms with Gasteiger partial charge < -0.3 is 19.5 Å².